The van der Waals surface area contributed by atoms with Gasteiger partial charge in [-0.3, -0.25) is 14.9 Å². The van der Waals surface area contributed by atoms with Crippen molar-refractivity contribution in [3.8, 4) is 0 Å². The third-order valence-electron chi connectivity index (χ3n) is 3.97. The molecular weight excluding hydrogens is 272 g/mol. The molecule has 1 aromatic rings. The molecule has 0 aromatic carbocycles. The fraction of sp³-hybridized carbons (Fsp3) is 0.643. The predicted molar refractivity (Wildman–Crippen MR) is 79.2 cm³/mol. The normalized spacial score (nSPS) is 18.5. The van der Waals surface area contributed by atoms with Crippen molar-refractivity contribution in [3.63, 3.8) is 0 Å². The number of amides is 1. The molecular formula is C14H22N4O3. The van der Waals surface area contributed by atoms with E-state index in [1.54, 1.807) is 11.9 Å². The molecule has 2 heterocycles. The summed E-state index contributed by atoms with van der Waals surface area (Å²) in [5, 5.41) is 14.1. The fourth-order valence-corrected chi connectivity index (χ4v) is 2.77. The minimum absolute atomic E-state index is 0.0452. The molecule has 1 aromatic heterocycles. The van der Waals surface area contributed by atoms with Crippen LogP contribution in [0.2, 0.25) is 0 Å². The van der Waals surface area contributed by atoms with Crippen molar-refractivity contribution < 1.29 is 9.72 Å². The quantitative estimate of drug-likeness (QED) is 0.657. The summed E-state index contributed by atoms with van der Waals surface area (Å²) in [5.74, 6) is 0.316. The monoisotopic (exact) mass is 294 g/mol. The van der Waals surface area contributed by atoms with Gasteiger partial charge >= 0.3 is 0 Å². The maximum absolute atomic E-state index is 12.6. The summed E-state index contributed by atoms with van der Waals surface area (Å²) in [6, 6.07) is 1.35. The Balaban J connectivity index is 2.10. The van der Waals surface area contributed by atoms with Crippen molar-refractivity contribution in [1.82, 2.24) is 14.8 Å². The maximum atomic E-state index is 12.6. The number of nitrogens with one attached hydrogen (secondary N) is 1. The van der Waals surface area contributed by atoms with Crippen molar-refractivity contribution in [2.45, 2.75) is 19.8 Å². The topological polar surface area (TPSA) is 80.4 Å². The van der Waals surface area contributed by atoms with Gasteiger partial charge in [-0.15, -0.1) is 0 Å². The van der Waals surface area contributed by atoms with Gasteiger partial charge in [0.2, 0.25) is 0 Å². The van der Waals surface area contributed by atoms with E-state index in [1.807, 2.05) is 6.92 Å². The molecule has 1 aliphatic rings. The van der Waals surface area contributed by atoms with Gasteiger partial charge < -0.3 is 14.8 Å². The first-order valence-corrected chi connectivity index (χ1v) is 7.33. The van der Waals surface area contributed by atoms with Crippen LogP contribution in [0.4, 0.5) is 5.69 Å². The van der Waals surface area contributed by atoms with Crippen LogP contribution in [0.1, 0.15) is 30.3 Å². The molecule has 7 nitrogen and oxygen atoms in total. The van der Waals surface area contributed by atoms with E-state index in [0.717, 1.165) is 25.9 Å². The summed E-state index contributed by atoms with van der Waals surface area (Å²) in [6.45, 7) is 5.21. The largest absolute Gasteiger partial charge is 0.340 e. The molecule has 1 atom stereocenters. The van der Waals surface area contributed by atoms with Crippen molar-refractivity contribution in [2.24, 2.45) is 13.0 Å². The molecule has 7 heteroatoms. The number of piperidine rings is 1. The Morgan fingerprint density at radius 2 is 2.38 bits per heavy atom. The van der Waals surface area contributed by atoms with Gasteiger partial charge in [0.1, 0.15) is 5.69 Å². The Morgan fingerprint density at radius 3 is 2.90 bits per heavy atom. The van der Waals surface area contributed by atoms with Crippen molar-refractivity contribution in [1.29, 1.82) is 0 Å². The number of nitrogens with zero attached hydrogens (tertiary/aromatic N) is 3. The highest BCUT2D eigenvalue weighted by Crippen LogP contribution is 2.18. The Bertz CT molecular complexity index is 520. The van der Waals surface area contributed by atoms with Gasteiger partial charge in [0.05, 0.1) is 11.1 Å². The van der Waals surface area contributed by atoms with Crippen molar-refractivity contribution >= 4 is 11.6 Å². The maximum Gasteiger partial charge on any atom is 0.287 e. The lowest BCUT2D eigenvalue weighted by molar-refractivity contribution is -0.384. The van der Waals surface area contributed by atoms with Gasteiger partial charge in [0, 0.05) is 26.2 Å². The zero-order chi connectivity index (χ0) is 15.4. The number of carbonyl (C=O) groups is 1. The molecule has 21 heavy (non-hydrogen) atoms. The SMILES string of the molecule is CCN(CC1CCCNC1)C(=O)c1cc([N+](=O)[O-])cn1C. The molecule has 1 saturated heterocycles. The van der Waals surface area contributed by atoms with Gasteiger partial charge in [0.25, 0.3) is 11.6 Å². The van der Waals surface area contributed by atoms with Gasteiger partial charge in [-0.25, -0.2) is 0 Å². The first-order chi connectivity index (χ1) is 10.0. The lowest BCUT2D eigenvalue weighted by atomic mass is 9.99. The van der Waals surface area contributed by atoms with Crippen LogP contribution in [0.5, 0.6) is 0 Å². The number of aromatic nitrogens is 1. The second kappa shape index (κ2) is 6.71. The highest BCUT2D eigenvalue weighted by molar-refractivity contribution is 5.93. The molecule has 0 saturated carbocycles. The van der Waals surface area contributed by atoms with E-state index in [0.29, 0.717) is 24.7 Å². The number of hydrogen-bond acceptors (Lipinski definition) is 4. The summed E-state index contributed by atoms with van der Waals surface area (Å²) in [6.07, 6.45) is 3.62. The Hall–Kier alpha value is -1.89. The van der Waals surface area contributed by atoms with Gasteiger partial charge in [-0.05, 0) is 38.8 Å². The first-order valence-electron chi connectivity index (χ1n) is 7.33. The standard InChI is InChI=1S/C14H22N4O3/c1-3-17(9-11-5-4-6-15-8-11)14(19)13-7-12(18(20)21)10-16(13)2/h7,10-11,15H,3-6,8-9H2,1-2H3. The molecule has 1 unspecified atom stereocenters. The van der Waals surface area contributed by atoms with Crippen LogP contribution in [-0.4, -0.2) is 46.5 Å². The molecule has 1 amide bonds. The van der Waals surface area contributed by atoms with E-state index in [4.69, 9.17) is 0 Å². The van der Waals surface area contributed by atoms with E-state index in [-0.39, 0.29) is 11.6 Å². The Morgan fingerprint density at radius 1 is 1.62 bits per heavy atom. The fourth-order valence-electron chi connectivity index (χ4n) is 2.77. The summed E-state index contributed by atoms with van der Waals surface area (Å²) < 4.78 is 1.53. The summed E-state index contributed by atoms with van der Waals surface area (Å²) >= 11 is 0. The van der Waals surface area contributed by atoms with E-state index in [9.17, 15) is 14.9 Å². The lowest BCUT2D eigenvalue weighted by Gasteiger charge is -2.29. The van der Waals surface area contributed by atoms with Crippen LogP contribution in [-0.2, 0) is 7.05 Å². The average Bonchev–Trinajstić information content (AvgIpc) is 2.87. The van der Waals surface area contributed by atoms with E-state index < -0.39 is 4.92 Å². The summed E-state index contributed by atoms with van der Waals surface area (Å²) in [4.78, 5) is 24.7. The number of rotatable bonds is 5. The molecule has 1 fully saturated rings. The number of nitro groups is 1. The van der Waals surface area contributed by atoms with E-state index in [2.05, 4.69) is 5.32 Å². The minimum atomic E-state index is -0.474. The van der Waals surface area contributed by atoms with Crippen LogP contribution in [0.25, 0.3) is 0 Å². The zero-order valence-corrected chi connectivity index (χ0v) is 12.5. The van der Waals surface area contributed by atoms with Crippen molar-refractivity contribution in [3.05, 3.63) is 28.1 Å². The predicted octanol–water partition coefficient (Wildman–Crippen LogP) is 1.39. The first kappa shape index (κ1) is 15.5. The number of aryl methyl sites for hydroxylation is 1. The van der Waals surface area contributed by atoms with Crippen LogP contribution in [0.3, 0.4) is 0 Å². The molecule has 1 N–H and O–H groups in total. The summed E-state index contributed by atoms with van der Waals surface area (Å²) in [5.41, 5.74) is 0.323. The highest BCUT2D eigenvalue weighted by Gasteiger charge is 2.24. The zero-order valence-electron chi connectivity index (χ0n) is 12.5. The Labute approximate surface area is 124 Å². The number of hydrogen-bond donors (Lipinski definition) is 1. The molecule has 116 valence electrons. The second-order valence-corrected chi connectivity index (χ2v) is 5.51. The molecule has 0 bridgehead atoms. The van der Waals surface area contributed by atoms with Gasteiger partial charge in [0.15, 0.2) is 0 Å². The average molecular weight is 294 g/mol. The minimum Gasteiger partial charge on any atom is -0.340 e. The van der Waals surface area contributed by atoms with Crippen LogP contribution < -0.4 is 5.32 Å². The van der Waals surface area contributed by atoms with Gasteiger partial charge in [-0.1, -0.05) is 0 Å². The third-order valence-corrected chi connectivity index (χ3v) is 3.97. The summed E-state index contributed by atoms with van der Waals surface area (Å²) in [7, 11) is 1.66. The molecule has 0 aliphatic carbocycles. The molecule has 0 radical (unpaired) electrons. The second-order valence-electron chi connectivity index (χ2n) is 5.51. The lowest BCUT2D eigenvalue weighted by Crippen LogP contribution is -2.41. The van der Waals surface area contributed by atoms with Crippen LogP contribution in [0, 0.1) is 16.0 Å². The Kier molecular flexibility index (Phi) is 4.95. The third kappa shape index (κ3) is 3.60. The van der Waals surface area contributed by atoms with E-state index >= 15 is 0 Å². The smallest absolute Gasteiger partial charge is 0.287 e. The molecule has 1 aliphatic heterocycles. The van der Waals surface area contributed by atoms with Crippen LogP contribution >= 0.6 is 0 Å². The van der Waals surface area contributed by atoms with E-state index in [1.165, 1.54) is 16.8 Å². The molecule has 0 spiro atoms. The number of carbonyl (C=O) groups excluding carboxylic acids is 1. The molecule has 2 rings (SSSR count). The van der Waals surface area contributed by atoms with Crippen molar-refractivity contribution in [2.75, 3.05) is 26.2 Å². The van der Waals surface area contributed by atoms with Gasteiger partial charge in [-0.2, -0.15) is 0 Å². The highest BCUT2D eigenvalue weighted by atomic mass is 16.6. The van der Waals surface area contributed by atoms with Crippen LogP contribution in [0.15, 0.2) is 12.3 Å².